The van der Waals surface area contributed by atoms with Gasteiger partial charge in [-0.15, -0.1) is 0 Å². The number of rotatable bonds is 8. The number of amides is 1. The molecule has 1 fully saturated rings. The lowest BCUT2D eigenvalue weighted by Gasteiger charge is -2.34. The first-order valence-corrected chi connectivity index (χ1v) is 11.8. The Balaban J connectivity index is 1.46. The molecular formula is C25H31ClN6O. The van der Waals surface area contributed by atoms with Crippen LogP contribution in [-0.2, 0) is 17.9 Å². The van der Waals surface area contributed by atoms with Gasteiger partial charge >= 0.3 is 0 Å². The summed E-state index contributed by atoms with van der Waals surface area (Å²) in [6, 6.07) is 15.4. The maximum Gasteiger partial charge on any atom is 0.240 e. The second kappa shape index (κ2) is 10.5. The van der Waals surface area contributed by atoms with Gasteiger partial charge < -0.3 is 11.1 Å². The van der Waals surface area contributed by atoms with Gasteiger partial charge in [0, 0.05) is 43.1 Å². The number of piperazine rings is 1. The third-order valence-electron chi connectivity index (χ3n) is 6.10. The molecule has 1 saturated heterocycles. The van der Waals surface area contributed by atoms with Gasteiger partial charge in [0.25, 0.3) is 0 Å². The first-order chi connectivity index (χ1) is 15.9. The van der Waals surface area contributed by atoms with Crippen LogP contribution in [0.15, 0.2) is 48.5 Å². The van der Waals surface area contributed by atoms with Crippen LogP contribution in [0.3, 0.4) is 0 Å². The van der Waals surface area contributed by atoms with Crippen molar-refractivity contribution in [1.29, 1.82) is 0 Å². The minimum atomic E-state index is -0.496. The van der Waals surface area contributed by atoms with Gasteiger partial charge in [-0.3, -0.25) is 14.6 Å². The van der Waals surface area contributed by atoms with Gasteiger partial charge in [-0.1, -0.05) is 55.8 Å². The molecule has 1 atom stereocenters. The molecule has 0 bridgehead atoms. The molecule has 0 spiro atoms. The highest BCUT2D eigenvalue weighted by atomic mass is 35.5. The van der Waals surface area contributed by atoms with E-state index in [4.69, 9.17) is 27.3 Å². The first kappa shape index (κ1) is 23.4. The van der Waals surface area contributed by atoms with Crippen molar-refractivity contribution in [3.05, 3.63) is 64.9 Å². The quantitative estimate of drug-likeness (QED) is 0.528. The van der Waals surface area contributed by atoms with Crippen molar-refractivity contribution in [2.75, 3.05) is 31.5 Å². The van der Waals surface area contributed by atoms with Crippen molar-refractivity contribution in [2.24, 2.45) is 11.7 Å². The third kappa shape index (κ3) is 5.79. The molecule has 2 heterocycles. The molecule has 1 aliphatic rings. The average molecular weight is 467 g/mol. The van der Waals surface area contributed by atoms with Gasteiger partial charge in [-0.2, -0.15) is 0 Å². The Kier molecular flexibility index (Phi) is 7.42. The number of hydrogen-bond acceptors (Lipinski definition) is 6. The molecule has 7 nitrogen and oxygen atoms in total. The molecule has 0 aliphatic carbocycles. The van der Waals surface area contributed by atoms with E-state index in [1.54, 1.807) is 0 Å². The molecule has 1 aromatic heterocycles. The van der Waals surface area contributed by atoms with E-state index in [-0.39, 0.29) is 11.8 Å². The van der Waals surface area contributed by atoms with E-state index in [0.29, 0.717) is 12.4 Å². The molecule has 33 heavy (non-hydrogen) atoms. The average Bonchev–Trinajstić information content (AvgIpc) is 2.79. The molecule has 174 valence electrons. The molecule has 3 N–H and O–H groups in total. The summed E-state index contributed by atoms with van der Waals surface area (Å²) in [5.74, 6) is 1.06. The van der Waals surface area contributed by atoms with Crippen LogP contribution in [-0.4, -0.2) is 57.9 Å². The number of aromatic nitrogens is 2. The maximum atomic E-state index is 12.0. The summed E-state index contributed by atoms with van der Waals surface area (Å²) < 4.78 is 0. The second-order valence-corrected chi connectivity index (χ2v) is 9.32. The number of nitrogens with zero attached hydrogens (tertiary/aromatic N) is 4. The van der Waals surface area contributed by atoms with Gasteiger partial charge in [0.1, 0.15) is 17.7 Å². The van der Waals surface area contributed by atoms with Crippen LogP contribution in [0.25, 0.3) is 10.9 Å². The number of fused-ring (bicyclic) bond motifs is 1. The summed E-state index contributed by atoms with van der Waals surface area (Å²) in [4.78, 5) is 26.3. The number of para-hydroxylation sites is 1. The van der Waals surface area contributed by atoms with Gasteiger partial charge in [-0.25, -0.2) is 9.97 Å². The number of halogens is 1. The van der Waals surface area contributed by atoms with E-state index >= 15 is 0 Å². The molecule has 0 unspecified atom stereocenters. The fourth-order valence-corrected chi connectivity index (χ4v) is 4.39. The largest absolute Gasteiger partial charge is 0.368 e. The lowest BCUT2D eigenvalue weighted by Crippen LogP contribution is -2.45. The van der Waals surface area contributed by atoms with E-state index < -0.39 is 6.04 Å². The van der Waals surface area contributed by atoms with Crippen molar-refractivity contribution < 1.29 is 4.79 Å². The Morgan fingerprint density at radius 1 is 1.00 bits per heavy atom. The van der Waals surface area contributed by atoms with E-state index in [1.807, 2.05) is 56.3 Å². The zero-order valence-electron chi connectivity index (χ0n) is 19.2. The number of primary amides is 1. The Morgan fingerprint density at radius 3 is 2.30 bits per heavy atom. The predicted molar refractivity (Wildman–Crippen MR) is 133 cm³/mol. The van der Waals surface area contributed by atoms with Crippen molar-refractivity contribution >= 4 is 34.2 Å². The zero-order chi connectivity index (χ0) is 23.4. The highest BCUT2D eigenvalue weighted by Gasteiger charge is 2.23. The van der Waals surface area contributed by atoms with Crippen LogP contribution < -0.4 is 11.1 Å². The number of carbonyl (C=O) groups excluding carboxylic acids is 1. The van der Waals surface area contributed by atoms with Gasteiger partial charge in [0.15, 0.2) is 0 Å². The number of hydrogen-bond donors (Lipinski definition) is 2. The van der Waals surface area contributed by atoms with E-state index in [0.717, 1.165) is 60.0 Å². The molecule has 8 heteroatoms. The lowest BCUT2D eigenvalue weighted by molar-refractivity contribution is -0.119. The Hall–Kier alpha value is -2.74. The standard InChI is InChI=1S/C25H31ClN6O/c1-17(2)23(24(27)33)30-25-19-8-4-6-10-21(19)28-22(29-25)16-32-13-11-31(12-14-32)15-18-7-3-5-9-20(18)26/h3-10,17,23H,11-16H2,1-2H3,(H2,27,33)(H,28,29,30)/t23-/m0/s1. The normalized spacial score (nSPS) is 16.2. The number of benzene rings is 2. The summed E-state index contributed by atoms with van der Waals surface area (Å²) in [6.45, 7) is 9.23. The summed E-state index contributed by atoms with van der Waals surface area (Å²) in [6.07, 6.45) is 0. The molecule has 4 rings (SSSR count). The second-order valence-electron chi connectivity index (χ2n) is 8.92. The van der Waals surface area contributed by atoms with Crippen LogP contribution in [0.1, 0.15) is 25.2 Å². The van der Waals surface area contributed by atoms with Crippen LogP contribution in [0, 0.1) is 5.92 Å². The number of nitrogens with two attached hydrogens (primary N) is 1. The molecule has 0 saturated carbocycles. The van der Waals surface area contributed by atoms with Crippen LogP contribution in [0.5, 0.6) is 0 Å². The smallest absolute Gasteiger partial charge is 0.240 e. The molecule has 1 aliphatic heterocycles. The summed E-state index contributed by atoms with van der Waals surface area (Å²) in [7, 11) is 0. The van der Waals surface area contributed by atoms with Gasteiger partial charge in [0.05, 0.1) is 12.1 Å². The van der Waals surface area contributed by atoms with E-state index in [9.17, 15) is 4.79 Å². The molecule has 2 aromatic carbocycles. The summed E-state index contributed by atoms with van der Waals surface area (Å²) in [5.41, 5.74) is 7.65. The number of carbonyl (C=O) groups is 1. The Labute approximate surface area is 199 Å². The molecule has 1 amide bonds. The molecular weight excluding hydrogens is 436 g/mol. The number of anilines is 1. The lowest BCUT2D eigenvalue weighted by atomic mass is 10.0. The predicted octanol–water partition coefficient (Wildman–Crippen LogP) is 3.52. The van der Waals surface area contributed by atoms with Crippen molar-refractivity contribution in [2.45, 2.75) is 33.0 Å². The molecule has 0 radical (unpaired) electrons. The van der Waals surface area contributed by atoms with Crippen LogP contribution >= 0.6 is 11.6 Å². The Bertz CT molecular complexity index is 1110. The highest BCUT2D eigenvalue weighted by Crippen LogP contribution is 2.23. The van der Waals surface area contributed by atoms with E-state index in [1.165, 1.54) is 0 Å². The monoisotopic (exact) mass is 466 g/mol. The summed E-state index contributed by atoms with van der Waals surface area (Å²) >= 11 is 6.33. The topological polar surface area (TPSA) is 87.4 Å². The van der Waals surface area contributed by atoms with Gasteiger partial charge in [-0.05, 0) is 29.7 Å². The zero-order valence-corrected chi connectivity index (χ0v) is 19.9. The first-order valence-electron chi connectivity index (χ1n) is 11.4. The van der Waals surface area contributed by atoms with Crippen LogP contribution in [0.2, 0.25) is 5.02 Å². The van der Waals surface area contributed by atoms with Crippen molar-refractivity contribution in [3.63, 3.8) is 0 Å². The van der Waals surface area contributed by atoms with Crippen LogP contribution in [0.4, 0.5) is 5.82 Å². The fourth-order valence-electron chi connectivity index (χ4n) is 4.19. The number of nitrogens with one attached hydrogen (secondary N) is 1. The van der Waals surface area contributed by atoms with E-state index in [2.05, 4.69) is 21.2 Å². The summed E-state index contributed by atoms with van der Waals surface area (Å²) in [5, 5.41) is 4.98. The fraction of sp³-hybridized carbons (Fsp3) is 0.400. The highest BCUT2D eigenvalue weighted by molar-refractivity contribution is 6.31. The minimum Gasteiger partial charge on any atom is -0.368 e. The maximum absolute atomic E-state index is 12.0. The van der Waals surface area contributed by atoms with Gasteiger partial charge in [0.2, 0.25) is 5.91 Å². The minimum absolute atomic E-state index is 0.0471. The third-order valence-corrected chi connectivity index (χ3v) is 6.47. The Morgan fingerprint density at radius 2 is 1.64 bits per heavy atom. The van der Waals surface area contributed by atoms with Crippen molar-refractivity contribution in [1.82, 2.24) is 19.8 Å². The van der Waals surface area contributed by atoms with Crippen molar-refractivity contribution in [3.8, 4) is 0 Å². The molecule has 3 aromatic rings. The SMILES string of the molecule is CC(C)[C@H](Nc1nc(CN2CCN(Cc3ccccc3Cl)CC2)nc2ccccc12)C(N)=O.